The molecule has 0 bridgehead atoms. The van der Waals surface area contributed by atoms with Gasteiger partial charge in [0.15, 0.2) is 0 Å². The topological polar surface area (TPSA) is 69.6 Å². The lowest BCUT2D eigenvalue weighted by atomic mass is 9.96. The molecule has 2 N–H and O–H groups in total. The van der Waals surface area contributed by atoms with E-state index >= 15 is 0 Å². The fourth-order valence-corrected chi connectivity index (χ4v) is 2.38. The molecule has 0 aromatic heterocycles. The van der Waals surface area contributed by atoms with E-state index in [1.165, 1.54) is 0 Å². The SMILES string of the molecule is CCCCC(CC)C(=O)N1CCNCC1C(=O)O. The molecule has 1 amide bonds. The Kier molecular flexibility index (Phi) is 6.12. The van der Waals surface area contributed by atoms with Gasteiger partial charge >= 0.3 is 5.97 Å². The average Bonchev–Trinajstić information content (AvgIpc) is 2.39. The summed E-state index contributed by atoms with van der Waals surface area (Å²) in [7, 11) is 0. The normalized spacial score (nSPS) is 21.7. The van der Waals surface area contributed by atoms with E-state index in [1.54, 1.807) is 4.90 Å². The van der Waals surface area contributed by atoms with Crippen molar-refractivity contribution < 1.29 is 14.7 Å². The number of piperazine rings is 1. The maximum Gasteiger partial charge on any atom is 0.327 e. The molecule has 1 saturated heterocycles. The first-order valence-electron chi connectivity index (χ1n) is 6.85. The van der Waals surface area contributed by atoms with E-state index in [2.05, 4.69) is 12.2 Å². The van der Waals surface area contributed by atoms with Gasteiger partial charge in [-0.3, -0.25) is 4.79 Å². The summed E-state index contributed by atoms with van der Waals surface area (Å²) in [6.45, 7) is 5.63. The standard InChI is InChI=1S/C13H24N2O3/c1-3-5-6-10(4-2)12(16)15-8-7-14-9-11(15)13(17)18/h10-11,14H,3-9H2,1-2H3,(H,17,18). The van der Waals surface area contributed by atoms with Crippen LogP contribution in [0.5, 0.6) is 0 Å². The van der Waals surface area contributed by atoms with Gasteiger partial charge in [-0.15, -0.1) is 0 Å². The van der Waals surface area contributed by atoms with E-state index in [-0.39, 0.29) is 11.8 Å². The summed E-state index contributed by atoms with van der Waals surface area (Å²) >= 11 is 0. The third kappa shape index (κ3) is 3.70. The zero-order valence-electron chi connectivity index (χ0n) is 11.3. The lowest BCUT2D eigenvalue weighted by Gasteiger charge is -2.35. The van der Waals surface area contributed by atoms with Crippen LogP contribution < -0.4 is 5.32 Å². The largest absolute Gasteiger partial charge is 0.480 e. The van der Waals surface area contributed by atoms with E-state index in [0.29, 0.717) is 19.6 Å². The summed E-state index contributed by atoms with van der Waals surface area (Å²) in [4.78, 5) is 25.1. The number of unbranched alkanes of at least 4 members (excludes halogenated alkanes) is 1. The number of aliphatic carboxylic acids is 1. The van der Waals surface area contributed by atoms with Crippen molar-refractivity contribution in [3.8, 4) is 0 Å². The van der Waals surface area contributed by atoms with E-state index in [4.69, 9.17) is 5.11 Å². The van der Waals surface area contributed by atoms with Gasteiger partial charge in [-0.05, 0) is 12.8 Å². The molecular weight excluding hydrogens is 232 g/mol. The molecule has 1 rings (SSSR count). The van der Waals surface area contributed by atoms with Crippen LogP contribution in [0.3, 0.4) is 0 Å². The molecule has 1 aliphatic rings. The van der Waals surface area contributed by atoms with Crippen LogP contribution in [0.25, 0.3) is 0 Å². The van der Waals surface area contributed by atoms with E-state index < -0.39 is 12.0 Å². The Morgan fingerprint density at radius 2 is 2.17 bits per heavy atom. The molecule has 0 aromatic carbocycles. The molecule has 1 heterocycles. The molecule has 1 fully saturated rings. The van der Waals surface area contributed by atoms with Gasteiger partial charge in [0, 0.05) is 25.6 Å². The summed E-state index contributed by atoms with van der Waals surface area (Å²) < 4.78 is 0. The van der Waals surface area contributed by atoms with Crippen molar-refractivity contribution in [2.45, 2.75) is 45.6 Å². The van der Waals surface area contributed by atoms with Crippen LogP contribution >= 0.6 is 0 Å². The fraction of sp³-hybridized carbons (Fsp3) is 0.846. The molecular formula is C13H24N2O3. The number of nitrogens with zero attached hydrogens (tertiary/aromatic N) is 1. The zero-order chi connectivity index (χ0) is 13.5. The third-order valence-electron chi connectivity index (χ3n) is 3.56. The number of hydrogen-bond acceptors (Lipinski definition) is 3. The second-order valence-electron chi connectivity index (χ2n) is 4.84. The Balaban J connectivity index is 2.68. The first-order valence-corrected chi connectivity index (χ1v) is 6.85. The van der Waals surface area contributed by atoms with Gasteiger partial charge in [0.05, 0.1) is 0 Å². The molecule has 18 heavy (non-hydrogen) atoms. The van der Waals surface area contributed by atoms with Crippen LogP contribution in [-0.2, 0) is 9.59 Å². The molecule has 1 aliphatic heterocycles. The van der Waals surface area contributed by atoms with Crippen LogP contribution in [0.2, 0.25) is 0 Å². The summed E-state index contributed by atoms with van der Waals surface area (Å²) in [5.74, 6) is -0.925. The van der Waals surface area contributed by atoms with Gasteiger partial charge in [-0.2, -0.15) is 0 Å². The minimum Gasteiger partial charge on any atom is -0.480 e. The molecule has 0 aliphatic carbocycles. The van der Waals surface area contributed by atoms with Gasteiger partial charge in [0.2, 0.25) is 5.91 Å². The summed E-state index contributed by atoms with van der Waals surface area (Å²) in [6, 6.07) is -0.707. The van der Waals surface area contributed by atoms with Crippen molar-refractivity contribution in [1.82, 2.24) is 10.2 Å². The van der Waals surface area contributed by atoms with Gasteiger partial charge in [0.1, 0.15) is 6.04 Å². The molecule has 5 heteroatoms. The van der Waals surface area contributed by atoms with Crippen molar-refractivity contribution in [3.63, 3.8) is 0 Å². The molecule has 2 atom stereocenters. The monoisotopic (exact) mass is 256 g/mol. The summed E-state index contributed by atoms with van der Waals surface area (Å²) in [5, 5.41) is 12.2. The molecule has 2 unspecified atom stereocenters. The number of rotatable bonds is 6. The number of nitrogens with one attached hydrogen (secondary N) is 1. The van der Waals surface area contributed by atoms with E-state index in [1.807, 2.05) is 6.92 Å². The highest BCUT2D eigenvalue weighted by molar-refractivity contribution is 5.85. The lowest BCUT2D eigenvalue weighted by Crippen LogP contribution is -2.58. The van der Waals surface area contributed by atoms with Gasteiger partial charge in [-0.25, -0.2) is 4.79 Å². The van der Waals surface area contributed by atoms with Gasteiger partial charge < -0.3 is 15.3 Å². The fourth-order valence-electron chi connectivity index (χ4n) is 2.38. The second-order valence-corrected chi connectivity index (χ2v) is 4.84. The van der Waals surface area contributed by atoms with Crippen molar-refractivity contribution >= 4 is 11.9 Å². The van der Waals surface area contributed by atoms with Crippen molar-refractivity contribution in [1.29, 1.82) is 0 Å². The average molecular weight is 256 g/mol. The van der Waals surface area contributed by atoms with Crippen molar-refractivity contribution in [2.24, 2.45) is 5.92 Å². The van der Waals surface area contributed by atoms with Crippen LogP contribution in [0.1, 0.15) is 39.5 Å². The van der Waals surface area contributed by atoms with Crippen LogP contribution in [0, 0.1) is 5.92 Å². The Labute approximate surface area is 109 Å². The highest BCUT2D eigenvalue weighted by Crippen LogP contribution is 2.18. The summed E-state index contributed by atoms with van der Waals surface area (Å²) in [6.07, 6.45) is 3.74. The van der Waals surface area contributed by atoms with Gasteiger partial charge in [0.25, 0.3) is 0 Å². The lowest BCUT2D eigenvalue weighted by molar-refractivity contribution is -0.153. The molecule has 0 radical (unpaired) electrons. The summed E-state index contributed by atoms with van der Waals surface area (Å²) in [5.41, 5.74) is 0. The Morgan fingerprint density at radius 1 is 1.44 bits per heavy atom. The zero-order valence-corrected chi connectivity index (χ0v) is 11.3. The first-order chi connectivity index (χ1) is 8.61. The number of carboxylic acid groups (broad SMARTS) is 1. The van der Waals surface area contributed by atoms with E-state index in [9.17, 15) is 9.59 Å². The minimum atomic E-state index is -0.916. The van der Waals surface area contributed by atoms with Gasteiger partial charge in [-0.1, -0.05) is 26.7 Å². The molecule has 5 nitrogen and oxygen atoms in total. The van der Waals surface area contributed by atoms with E-state index in [0.717, 1.165) is 25.7 Å². The van der Waals surface area contributed by atoms with Crippen LogP contribution in [-0.4, -0.2) is 47.6 Å². The number of carboxylic acids is 1. The predicted molar refractivity (Wildman–Crippen MR) is 69.3 cm³/mol. The first kappa shape index (κ1) is 15.0. The Morgan fingerprint density at radius 3 is 2.72 bits per heavy atom. The van der Waals surface area contributed by atoms with Crippen molar-refractivity contribution in [3.05, 3.63) is 0 Å². The highest BCUT2D eigenvalue weighted by Gasteiger charge is 2.34. The van der Waals surface area contributed by atoms with Crippen molar-refractivity contribution in [2.75, 3.05) is 19.6 Å². The number of carbonyl (C=O) groups is 2. The Hall–Kier alpha value is -1.10. The van der Waals surface area contributed by atoms with Crippen LogP contribution in [0.4, 0.5) is 0 Å². The third-order valence-corrected chi connectivity index (χ3v) is 3.56. The van der Waals surface area contributed by atoms with Crippen LogP contribution in [0.15, 0.2) is 0 Å². The number of hydrogen-bond donors (Lipinski definition) is 2. The number of amides is 1. The molecule has 0 saturated carbocycles. The predicted octanol–water partition coefficient (Wildman–Crippen LogP) is 1.09. The smallest absolute Gasteiger partial charge is 0.327 e. The molecule has 0 aromatic rings. The Bertz CT molecular complexity index is 294. The quantitative estimate of drug-likeness (QED) is 0.746. The maximum atomic E-state index is 12.4. The highest BCUT2D eigenvalue weighted by atomic mass is 16.4. The number of carbonyl (C=O) groups excluding carboxylic acids is 1. The second kappa shape index (κ2) is 7.36. The molecule has 104 valence electrons. The molecule has 0 spiro atoms. The maximum absolute atomic E-state index is 12.4. The minimum absolute atomic E-state index is 0.0138.